The first-order valence-corrected chi connectivity index (χ1v) is 17.0. The Balaban J connectivity index is 0.000000281. The number of aromatic hydroxyl groups is 1. The molecular formula is C42H35ClF6O8. The van der Waals surface area contributed by atoms with Gasteiger partial charge in [0.05, 0.1) is 0 Å². The number of hydrogen-bond acceptors (Lipinski definition) is 8. The molecule has 0 amide bonds. The van der Waals surface area contributed by atoms with Crippen molar-refractivity contribution in [2.45, 2.75) is 61.2 Å². The van der Waals surface area contributed by atoms with Gasteiger partial charge < -0.3 is 23.8 Å². The highest BCUT2D eigenvalue weighted by molar-refractivity contribution is 6.75. The summed E-state index contributed by atoms with van der Waals surface area (Å²) >= 11 is 5.44. The van der Waals surface area contributed by atoms with E-state index < -0.39 is 23.6 Å². The van der Waals surface area contributed by atoms with Crippen molar-refractivity contribution in [3.8, 4) is 50.6 Å². The highest BCUT2D eigenvalue weighted by atomic mass is 35.5. The third-order valence-electron chi connectivity index (χ3n) is 8.00. The summed E-state index contributed by atoms with van der Waals surface area (Å²) in [5.41, 5.74) is 5.29. The second-order valence-corrected chi connectivity index (χ2v) is 12.9. The van der Waals surface area contributed by atoms with Crippen molar-refractivity contribution in [1.29, 1.82) is 0 Å². The van der Waals surface area contributed by atoms with E-state index in [0.29, 0.717) is 50.1 Å². The van der Waals surface area contributed by atoms with Gasteiger partial charge in [-0.1, -0.05) is 48.5 Å². The third-order valence-corrected chi connectivity index (χ3v) is 8.19. The molecule has 0 saturated heterocycles. The first kappa shape index (κ1) is 45.3. The zero-order valence-corrected chi connectivity index (χ0v) is 32.2. The van der Waals surface area contributed by atoms with Gasteiger partial charge in [-0.25, -0.2) is 9.59 Å². The SMILES string of the molecule is CC(C)=O.Cc1cc(O)c(-c2c(C)ccc(-c3ccc(OC(F)(F)F)cc3)c2C)c(=O)o1.Cc1ccc(-c2ccc(OC(F)(F)F)cc2)c(C)c1C(=C=O)C(=O)Cl. The van der Waals surface area contributed by atoms with Crippen LogP contribution < -0.4 is 15.1 Å². The smallest absolute Gasteiger partial charge is 0.507 e. The third kappa shape index (κ3) is 12.4. The molecule has 0 aliphatic heterocycles. The molecule has 57 heavy (non-hydrogen) atoms. The van der Waals surface area contributed by atoms with Gasteiger partial charge in [-0.3, -0.25) is 4.79 Å². The molecule has 0 bridgehead atoms. The summed E-state index contributed by atoms with van der Waals surface area (Å²) < 4.78 is 86.5. The van der Waals surface area contributed by atoms with Crippen LogP contribution in [0.25, 0.3) is 39.0 Å². The van der Waals surface area contributed by atoms with Gasteiger partial charge >= 0.3 is 18.4 Å². The van der Waals surface area contributed by atoms with E-state index in [1.54, 1.807) is 64.8 Å². The van der Waals surface area contributed by atoms with Gasteiger partial charge in [0.1, 0.15) is 45.9 Å². The fraction of sp³-hybridized carbons (Fsp3) is 0.214. The summed E-state index contributed by atoms with van der Waals surface area (Å²) in [6.07, 6.45) is -9.52. The molecule has 0 spiro atoms. The van der Waals surface area contributed by atoms with E-state index >= 15 is 0 Å². The van der Waals surface area contributed by atoms with Crippen molar-refractivity contribution >= 4 is 34.1 Å². The van der Waals surface area contributed by atoms with Crippen molar-refractivity contribution < 1.29 is 59.7 Å². The lowest BCUT2D eigenvalue weighted by Gasteiger charge is -2.16. The number of ether oxygens (including phenoxy) is 2. The lowest BCUT2D eigenvalue weighted by Crippen LogP contribution is -2.16. The zero-order chi connectivity index (χ0) is 43.0. The maximum atomic E-state index is 12.3. The summed E-state index contributed by atoms with van der Waals surface area (Å²) in [6.45, 7) is 11.6. The summed E-state index contributed by atoms with van der Waals surface area (Å²) in [4.78, 5) is 44.3. The minimum absolute atomic E-state index is 0.0551. The van der Waals surface area contributed by atoms with Crippen LogP contribution in [0.15, 0.2) is 88.1 Å². The quantitative estimate of drug-likeness (QED) is 0.0746. The predicted octanol–water partition coefficient (Wildman–Crippen LogP) is 10.9. The summed E-state index contributed by atoms with van der Waals surface area (Å²) in [5.74, 6) is 1.16. The number of aryl methyl sites for hydroxylation is 3. The number of rotatable bonds is 7. The minimum atomic E-state index is -4.77. The fourth-order valence-corrected chi connectivity index (χ4v) is 5.91. The number of alkyl halides is 6. The topological polar surface area (TPSA) is 120 Å². The molecule has 0 aliphatic rings. The largest absolute Gasteiger partial charge is 0.573 e. The van der Waals surface area contributed by atoms with E-state index in [2.05, 4.69) is 9.47 Å². The molecule has 8 nitrogen and oxygen atoms in total. The maximum absolute atomic E-state index is 12.3. The van der Waals surface area contributed by atoms with Crippen LogP contribution >= 0.6 is 11.6 Å². The average Bonchev–Trinajstić information content (AvgIpc) is 3.07. The van der Waals surface area contributed by atoms with Crippen LogP contribution in [0.1, 0.15) is 47.4 Å². The van der Waals surface area contributed by atoms with Crippen molar-refractivity contribution in [1.82, 2.24) is 0 Å². The second-order valence-electron chi connectivity index (χ2n) is 12.6. The van der Waals surface area contributed by atoms with Gasteiger partial charge in [0.2, 0.25) is 0 Å². The van der Waals surface area contributed by atoms with Crippen molar-refractivity contribution in [2.24, 2.45) is 0 Å². The van der Waals surface area contributed by atoms with E-state index in [1.807, 2.05) is 0 Å². The fourth-order valence-electron chi connectivity index (χ4n) is 5.78. The van der Waals surface area contributed by atoms with Gasteiger partial charge in [-0.05, 0) is 134 Å². The molecule has 5 aromatic rings. The molecule has 0 unspecified atom stereocenters. The molecule has 1 aromatic heterocycles. The van der Waals surface area contributed by atoms with Crippen LogP contribution in [0.3, 0.4) is 0 Å². The number of carbonyl (C=O) groups excluding carboxylic acids is 3. The molecule has 0 aliphatic carbocycles. The van der Waals surface area contributed by atoms with E-state index in [4.69, 9.17) is 16.0 Å². The van der Waals surface area contributed by atoms with E-state index in [9.17, 15) is 50.6 Å². The molecule has 4 aromatic carbocycles. The van der Waals surface area contributed by atoms with Crippen LogP contribution in [0.5, 0.6) is 17.2 Å². The predicted molar refractivity (Wildman–Crippen MR) is 203 cm³/mol. The van der Waals surface area contributed by atoms with Gasteiger partial charge in [-0.15, -0.1) is 26.3 Å². The number of hydrogen-bond donors (Lipinski definition) is 1. The normalized spacial score (nSPS) is 10.9. The Labute approximate surface area is 327 Å². The molecule has 0 fully saturated rings. The first-order chi connectivity index (χ1) is 26.4. The molecular weight excluding hydrogens is 782 g/mol. The van der Waals surface area contributed by atoms with Gasteiger partial charge in [-0.2, -0.15) is 0 Å². The number of Topliss-reactive ketones (excluding diaryl/α,β-unsaturated/α-hetero) is 1. The van der Waals surface area contributed by atoms with Crippen LogP contribution in [0.2, 0.25) is 0 Å². The van der Waals surface area contributed by atoms with E-state index in [0.717, 1.165) is 5.56 Å². The molecule has 1 N–H and O–H groups in total. The minimum Gasteiger partial charge on any atom is -0.507 e. The highest BCUT2D eigenvalue weighted by Crippen LogP contribution is 2.38. The Morgan fingerprint density at radius 2 is 1.11 bits per heavy atom. The molecule has 300 valence electrons. The molecule has 0 atom stereocenters. The number of allylic oxidation sites excluding steroid dienone is 1. The lowest BCUT2D eigenvalue weighted by atomic mass is 9.89. The zero-order valence-electron chi connectivity index (χ0n) is 31.5. The van der Waals surface area contributed by atoms with Gasteiger partial charge in [0.25, 0.3) is 5.24 Å². The Morgan fingerprint density at radius 1 is 0.684 bits per heavy atom. The summed E-state index contributed by atoms with van der Waals surface area (Å²) in [7, 11) is 0. The molecule has 0 radical (unpaired) electrons. The average molecular weight is 817 g/mol. The Hall–Kier alpha value is -6.11. The van der Waals surface area contributed by atoms with E-state index in [1.165, 1.54) is 68.4 Å². The van der Waals surface area contributed by atoms with Crippen LogP contribution in [0.4, 0.5) is 26.3 Å². The van der Waals surface area contributed by atoms with Gasteiger partial charge in [0.15, 0.2) is 0 Å². The number of ketones is 1. The Kier molecular flexibility index (Phi) is 14.8. The number of benzene rings is 4. The summed E-state index contributed by atoms with van der Waals surface area (Å²) in [5, 5.41) is 9.37. The van der Waals surface area contributed by atoms with Crippen LogP contribution in [0, 0.1) is 34.6 Å². The van der Waals surface area contributed by atoms with Crippen molar-refractivity contribution in [3.05, 3.63) is 123 Å². The van der Waals surface area contributed by atoms with E-state index in [-0.39, 0.29) is 39.9 Å². The maximum Gasteiger partial charge on any atom is 0.573 e. The van der Waals surface area contributed by atoms with Crippen molar-refractivity contribution in [3.63, 3.8) is 0 Å². The highest BCUT2D eigenvalue weighted by Gasteiger charge is 2.32. The van der Waals surface area contributed by atoms with Crippen LogP contribution in [-0.2, 0) is 14.4 Å². The standard InChI is InChI=1S/C21H17F3O4.C18H12ClF3O3.C3H6O/c1-11-4-9-16(14-5-7-15(8-6-14)28-21(22,23)24)13(3)18(11)19-17(25)10-12(2)27-20(19)26;1-10-3-8-14(11(2)16(10)15(9-23)17(19)24)12-4-6-13(7-5-12)25-18(20,21)22;1-3(2)4/h4-10,25H,1-3H3;3-8H,1-2H3;1-2H3. The Morgan fingerprint density at radius 3 is 1.49 bits per heavy atom. The molecule has 5 rings (SSSR count). The molecule has 0 saturated carbocycles. The lowest BCUT2D eigenvalue weighted by molar-refractivity contribution is -0.275. The second kappa shape index (κ2) is 18.7. The van der Waals surface area contributed by atoms with Crippen molar-refractivity contribution in [2.75, 3.05) is 0 Å². The van der Waals surface area contributed by atoms with Gasteiger partial charge in [0, 0.05) is 11.6 Å². The molecule has 15 heteroatoms. The molecule has 1 heterocycles. The monoisotopic (exact) mass is 816 g/mol. The first-order valence-electron chi connectivity index (χ1n) is 16.6. The summed E-state index contributed by atoms with van der Waals surface area (Å²) in [6, 6.07) is 19.1. The number of halogens is 7. The Bertz CT molecular complexity index is 2370. The number of carbonyl (C=O) groups is 2. The van der Waals surface area contributed by atoms with Crippen LogP contribution in [-0.4, -0.2) is 34.8 Å².